The van der Waals surface area contributed by atoms with Gasteiger partial charge in [-0.2, -0.15) is 0 Å². The van der Waals surface area contributed by atoms with Crippen LogP contribution in [0.2, 0.25) is 0 Å². The summed E-state index contributed by atoms with van der Waals surface area (Å²) in [6.07, 6.45) is 4.42. The summed E-state index contributed by atoms with van der Waals surface area (Å²) in [7, 11) is 0.396. The highest BCUT2D eigenvalue weighted by Crippen LogP contribution is 2.44. The molecule has 10 nitrogen and oxygen atoms in total. The van der Waals surface area contributed by atoms with Crippen LogP contribution in [0.1, 0.15) is 18.2 Å². The van der Waals surface area contributed by atoms with Crippen LogP contribution < -0.4 is 11.2 Å². The van der Waals surface area contributed by atoms with Crippen LogP contribution in [0, 0.1) is 6.92 Å². The second-order valence-corrected chi connectivity index (χ2v) is 8.84. The highest BCUT2D eigenvalue weighted by molar-refractivity contribution is 7.47. The Balaban J connectivity index is 2.09. The second kappa shape index (κ2) is 14.0. The molecule has 1 fully saturated rings. The molecule has 1 saturated heterocycles. The van der Waals surface area contributed by atoms with Crippen molar-refractivity contribution in [3.8, 4) is 0 Å². The van der Waals surface area contributed by atoms with Crippen molar-refractivity contribution in [2.75, 3.05) is 39.6 Å². The van der Waals surface area contributed by atoms with Gasteiger partial charge in [0.05, 0.1) is 32.3 Å². The number of aromatic amines is 1. The van der Waals surface area contributed by atoms with Gasteiger partial charge < -0.3 is 27.8 Å². The Kier molecular flexibility index (Phi) is 11.8. The van der Waals surface area contributed by atoms with Crippen LogP contribution in [0.4, 0.5) is 0 Å². The second-order valence-electron chi connectivity index (χ2n) is 6.58. The number of aromatic nitrogens is 2. The van der Waals surface area contributed by atoms with Crippen LogP contribution in [-0.2, 0) is 27.8 Å². The van der Waals surface area contributed by atoms with Crippen LogP contribution in [0.3, 0.4) is 0 Å². The third kappa shape index (κ3) is 8.33. The first-order valence-electron chi connectivity index (χ1n) is 9.68. The summed E-state index contributed by atoms with van der Waals surface area (Å²) in [4.78, 5) is 26.3. The van der Waals surface area contributed by atoms with E-state index in [9.17, 15) is 9.59 Å². The summed E-state index contributed by atoms with van der Waals surface area (Å²) in [5.41, 5.74) is -0.548. The number of nitrogens with one attached hydrogen (secondary N) is 1. The molecule has 0 spiro atoms. The first kappa shape index (κ1) is 26.0. The number of hydrogen-bond donors (Lipinski definition) is 1. The number of aryl methyl sites for hydroxylation is 1. The average Bonchev–Trinajstić information content (AvgIpc) is 3.13. The fourth-order valence-electron chi connectivity index (χ4n) is 2.80. The standard InChI is InChI=1S/C19H30N2O8P2/c1-5-7-26-30-12-25-11-16-15(29-31(13-24-4)27-8-6-2)9-17(28-16)21-10-14(3)18(22)20-19(21)23/h5-6,10,15-17,30H,1-2,7-9,11-13H2,3-4H3,(H,20,22,23). The molecule has 0 aromatic carbocycles. The molecule has 5 unspecified atom stereocenters. The van der Waals surface area contributed by atoms with E-state index in [4.69, 9.17) is 27.8 Å². The van der Waals surface area contributed by atoms with Crippen LogP contribution in [0.25, 0.3) is 0 Å². The molecule has 2 heterocycles. The molecule has 12 heteroatoms. The minimum absolute atomic E-state index is 0.175. The molecule has 1 aromatic heterocycles. The summed E-state index contributed by atoms with van der Waals surface area (Å²) >= 11 is 0. The van der Waals surface area contributed by atoms with Gasteiger partial charge in [0, 0.05) is 34.1 Å². The zero-order valence-electron chi connectivity index (χ0n) is 17.8. The van der Waals surface area contributed by atoms with Crippen molar-refractivity contribution in [1.82, 2.24) is 9.55 Å². The van der Waals surface area contributed by atoms with Crippen molar-refractivity contribution < 1.29 is 27.8 Å². The Morgan fingerprint density at radius 1 is 1.35 bits per heavy atom. The Bertz CT molecular complexity index is 815. The molecule has 0 aliphatic carbocycles. The third-order valence-electron chi connectivity index (χ3n) is 4.21. The van der Waals surface area contributed by atoms with Gasteiger partial charge in [-0.3, -0.25) is 14.3 Å². The van der Waals surface area contributed by atoms with E-state index in [1.165, 1.54) is 10.8 Å². The smallest absolute Gasteiger partial charge is 0.330 e. The Morgan fingerprint density at radius 3 is 2.84 bits per heavy atom. The number of H-pyrrole nitrogens is 1. The lowest BCUT2D eigenvalue weighted by atomic mass is 10.2. The molecule has 1 aliphatic heterocycles. The predicted molar refractivity (Wildman–Crippen MR) is 120 cm³/mol. The topological polar surface area (TPSA) is 110 Å². The van der Waals surface area contributed by atoms with E-state index < -0.39 is 38.1 Å². The minimum atomic E-state index is -1.35. The van der Waals surface area contributed by atoms with E-state index in [0.29, 0.717) is 31.5 Å². The number of hydrogen-bond acceptors (Lipinski definition) is 8. The van der Waals surface area contributed by atoms with E-state index in [1.807, 2.05) is 0 Å². The van der Waals surface area contributed by atoms with Crippen molar-refractivity contribution in [2.45, 2.75) is 31.8 Å². The van der Waals surface area contributed by atoms with Gasteiger partial charge in [0.2, 0.25) is 0 Å². The molecule has 0 amide bonds. The lowest BCUT2D eigenvalue weighted by Crippen LogP contribution is -2.33. The Hall–Kier alpha value is -1.22. The van der Waals surface area contributed by atoms with Crippen LogP contribution in [0.15, 0.2) is 41.1 Å². The van der Waals surface area contributed by atoms with Gasteiger partial charge in [-0.25, -0.2) is 4.79 Å². The summed E-state index contributed by atoms with van der Waals surface area (Å²) in [6.45, 7) is 9.91. The summed E-state index contributed by atoms with van der Waals surface area (Å²) in [6, 6.07) is 0. The number of ether oxygens (including phenoxy) is 3. The zero-order valence-corrected chi connectivity index (χ0v) is 19.7. The van der Waals surface area contributed by atoms with Gasteiger partial charge in [-0.05, 0) is 6.92 Å². The van der Waals surface area contributed by atoms with Crippen LogP contribution in [-0.4, -0.2) is 61.4 Å². The molecule has 0 bridgehead atoms. The molecule has 0 radical (unpaired) electrons. The molecule has 1 aromatic rings. The van der Waals surface area contributed by atoms with E-state index in [1.54, 1.807) is 26.2 Å². The van der Waals surface area contributed by atoms with Crippen molar-refractivity contribution in [3.63, 3.8) is 0 Å². The average molecular weight is 476 g/mol. The highest BCUT2D eigenvalue weighted by Gasteiger charge is 2.39. The van der Waals surface area contributed by atoms with Gasteiger partial charge in [0.1, 0.15) is 18.7 Å². The van der Waals surface area contributed by atoms with Gasteiger partial charge >= 0.3 is 5.69 Å². The number of nitrogens with zero attached hydrogens (tertiary/aromatic N) is 1. The molecule has 1 N–H and O–H groups in total. The van der Waals surface area contributed by atoms with E-state index in [-0.39, 0.29) is 21.8 Å². The largest absolute Gasteiger partial charge is 0.375 e. The number of methoxy groups -OCH3 is 1. The zero-order chi connectivity index (χ0) is 22.6. The maximum absolute atomic E-state index is 12.3. The van der Waals surface area contributed by atoms with Crippen molar-refractivity contribution >= 4 is 17.2 Å². The molecule has 31 heavy (non-hydrogen) atoms. The quantitative estimate of drug-likeness (QED) is 0.234. The molecular weight excluding hydrogens is 446 g/mol. The van der Waals surface area contributed by atoms with E-state index >= 15 is 0 Å². The lowest BCUT2D eigenvalue weighted by molar-refractivity contribution is -0.0543. The van der Waals surface area contributed by atoms with Gasteiger partial charge in [-0.15, -0.1) is 13.2 Å². The monoisotopic (exact) mass is 476 g/mol. The van der Waals surface area contributed by atoms with Gasteiger partial charge in [0.25, 0.3) is 5.56 Å². The van der Waals surface area contributed by atoms with Crippen molar-refractivity contribution in [2.24, 2.45) is 0 Å². The summed E-state index contributed by atoms with van der Waals surface area (Å²) in [5.74, 6) is 0. The molecule has 0 saturated carbocycles. The summed E-state index contributed by atoms with van der Waals surface area (Å²) in [5, 5.41) is 0. The van der Waals surface area contributed by atoms with Crippen LogP contribution >= 0.6 is 17.2 Å². The van der Waals surface area contributed by atoms with E-state index in [2.05, 4.69) is 18.1 Å². The molecule has 5 atom stereocenters. The summed E-state index contributed by atoms with van der Waals surface area (Å²) < 4.78 is 35.5. The Labute approximate surface area is 184 Å². The third-order valence-corrected chi connectivity index (χ3v) is 6.31. The first-order valence-corrected chi connectivity index (χ1v) is 12.2. The van der Waals surface area contributed by atoms with E-state index in [0.717, 1.165) is 0 Å². The molecule has 174 valence electrons. The maximum atomic E-state index is 12.3. The lowest BCUT2D eigenvalue weighted by Gasteiger charge is -2.23. The fourth-order valence-corrected chi connectivity index (χ4v) is 4.52. The maximum Gasteiger partial charge on any atom is 0.330 e. The Morgan fingerprint density at radius 2 is 2.13 bits per heavy atom. The molecule has 2 rings (SSSR count). The molecule has 1 aliphatic rings. The molecular formula is C19H30N2O8P2. The fraction of sp³-hybridized carbons (Fsp3) is 0.579. The number of rotatable bonds is 15. The van der Waals surface area contributed by atoms with Gasteiger partial charge in [-0.1, -0.05) is 12.2 Å². The van der Waals surface area contributed by atoms with Crippen molar-refractivity contribution in [1.29, 1.82) is 0 Å². The van der Waals surface area contributed by atoms with Crippen molar-refractivity contribution in [3.05, 3.63) is 57.9 Å². The van der Waals surface area contributed by atoms with Gasteiger partial charge in [0.15, 0.2) is 8.38 Å². The van der Waals surface area contributed by atoms with Crippen LogP contribution in [0.5, 0.6) is 0 Å². The SMILES string of the molecule is C=CCOPCOCC1OC(n2cc(C)c(=O)[nH]c2=O)CC1OP(COC)OCC=C. The first-order chi connectivity index (χ1) is 15.0. The minimum Gasteiger partial charge on any atom is -0.375 e. The predicted octanol–water partition coefficient (Wildman–Crippen LogP) is 2.41. The normalized spacial score (nSPS) is 22.2. The highest BCUT2D eigenvalue weighted by atomic mass is 31.2.